The van der Waals surface area contributed by atoms with E-state index in [1.807, 2.05) is 0 Å². The second-order valence-electron chi connectivity index (χ2n) is 6.95. The summed E-state index contributed by atoms with van der Waals surface area (Å²) >= 11 is 0. The van der Waals surface area contributed by atoms with Crippen LogP contribution in [-0.2, 0) is 13.9 Å². The monoisotopic (exact) mass is 391 g/mol. The van der Waals surface area contributed by atoms with Crippen LogP contribution in [0.15, 0.2) is 4.99 Å². The van der Waals surface area contributed by atoms with Gasteiger partial charge in [-0.05, 0) is 12.8 Å². The summed E-state index contributed by atoms with van der Waals surface area (Å²) in [5.74, 6) is 0. The molecule has 0 spiro atoms. The molecule has 0 rings (SSSR count). The Bertz CT molecular complexity index is 393. The number of phosphoric ester groups is 1. The van der Waals surface area contributed by atoms with Crippen LogP contribution in [0.3, 0.4) is 0 Å². The summed E-state index contributed by atoms with van der Waals surface area (Å²) in [7, 11) is -4.27. The van der Waals surface area contributed by atoms with Gasteiger partial charge in [0.1, 0.15) is 0 Å². The largest absolute Gasteiger partial charge is 0.469 e. The van der Waals surface area contributed by atoms with Crippen molar-refractivity contribution in [1.29, 1.82) is 0 Å². The number of nitrogens with zero attached hydrogens (tertiary/aromatic N) is 1. The molecule has 2 N–H and O–H groups in total. The average molecular weight is 391 g/mol. The number of phosphoric acid groups is 1. The molecule has 6 nitrogen and oxygen atoms in total. The Hall–Kier alpha value is -0.510. The highest BCUT2D eigenvalue weighted by molar-refractivity contribution is 7.46. The lowest BCUT2D eigenvalue weighted by Gasteiger charge is -2.05. The predicted octanol–water partition coefficient (Wildman–Crippen LogP) is 5.67. The lowest BCUT2D eigenvalue weighted by Crippen LogP contribution is -1.92. The summed E-state index contributed by atoms with van der Waals surface area (Å²) in [5.41, 5.74) is 0. The van der Waals surface area contributed by atoms with Crippen molar-refractivity contribution in [1.82, 2.24) is 0 Å². The van der Waals surface area contributed by atoms with E-state index in [9.17, 15) is 9.36 Å². The van der Waals surface area contributed by atoms with Crippen molar-refractivity contribution in [2.45, 2.75) is 103 Å². The van der Waals surface area contributed by atoms with Crippen LogP contribution in [-0.4, -0.2) is 29.0 Å². The van der Waals surface area contributed by atoms with Crippen molar-refractivity contribution in [2.24, 2.45) is 4.99 Å². The van der Waals surface area contributed by atoms with Crippen LogP contribution >= 0.6 is 7.82 Å². The van der Waals surface area contributed by atoms with Gasteiger partial charge >= 0.3 is 7.82 Å². The van der Waals surface area contributed by atoms with Gasteiger partial charge in [-0.2, -0.15) is 0 Å². The first-order valence-corrected chi connectivity index (χ1v) is 11.8. The number of hydrogen-bond acceptors (Lipinski definition) is 4. The van der Waals surface area contributed by atoms with E-state index in [0.717, 1.165) is 25.7 Å². The van der Waals surface area contributed by atoms with E-state index in [2.05, 4.69) is 9.52 Å². The maximum absolute atomic E-state index is 10.5. The second kappa shape index (κ2) is 19.3. The summed E-state index contributed by atoms with van der Waals surface area (Å²) in [5, 5.41) is 0. The van der Waals surface area contributed by atoms with Gasteiger partial charge in [0.05, 0.1) is 13.2 Å². The Labute approximate surface area is 159 Å². The van der Waals surface area contributed by atoms with Gasteiger partial charge in [0.25, 0.3) is 0 Å². The maximum Gasteiger partial charge on any atom is 0.469 e. The molecule has 0 unspecified atom stereocenters. The number of rotatable bonds is 20. The maximum atomic E-state index is 10.5. The Kier molecular flexibility index (Phi) is 18.9. The molecule has 0 aliphatic rings. The fourth-order valence-corrected chi connectivity index (χ4v) is 3.36. The zero-order valence-electron chi connectivity index (χ0n) is 16.2. The molecule has 154 valence electrons. The van der Waals surface area contributed by atoms with Crippen LogP contribution in [0.4, 0.5) is 0 Å². The molecule has 0 aromatic carbocycles. The third-order valence-corrected chi connectivity index (χ3v) is 5.01. The van der Waals surface area contributed by atoms with E-state index in [1.54, 1.807) is 6.08 Å². The van der Waals surface area contributed by atoms with Crippen molar-refractivity contribution in [3.63, 3.8) is 0 Å². The number of hydrogen-bond donors (Lipinski definition) is 2. The molecule has 0 heterocycles. The van der Waals surface area contributed by atoms with Crippen LogP contribution < -0.4 is 0 Å². The lowest BCUT2D eigenvalue weighted by molar-refractivity contribution is 0.193. The molecular weight excluding hydrogens is 353 g/mol. The number of isocyanates is 1. The molecule has 26 heavy (non-hydrogen) atoms. The zero-order chi connectivity index (χ0) is 19.3. The van der Waals surface area contributed by atoms with E-state index in [1.165, 1.54) is 77.0 Å². The fraction of sp³-hybridized carbons (Fsp3) is 0.947. The molecule has 0 aliphatic heterocycles. The molecule has 7 heteroatoms. The quantitative estimate of drug-likeness (QED) is 0.121. The molecule has 0 radical (unpaired) electrons. The van der Waals surface area contributed by atoms with Gasteiger partial charge in [-0.3, -0.25) is 4.52 Å². The zero-order valence-corrected chi connectivity index (χ0v) is 17.1. The molecule has 0 aromatic heterocycles. The smallest absolute Gasteiger partial charge is 0.303 e. The molecular formula is C19H38NO5P. The first-order chi connectivity index (χ1) is 12.6. The Morgan fingerprint density at radius 1 is 0.654 bits per heavy atom. The van der Waals surface area contributed by atoms with E-state index < -0.39 is 7.82 Å². The van der Waals surface area contributed by atoms with E-state index in [4.69, 9.17) is 9.79 Å². The van der Waals surface area contributed by atoms with Crippen molar-refractivity contribution in [3.8, 4) is 0 Å². The minimum Gasteiger partial charge on any atom is -0.303 e. The highest BCUT2D eigenvalue weighted by atomic mass is 31.2. The third-order valence-electron chi connectivity index (χ3n) is 4.49. The Balaban J connectivity index is 3.05. The molecule has 0 fully saturated rings. The highest BCUT2D eigenvalue weighted by Crippen LogP contribution is 2.35. The van der Waals surface area contributed by atoms with Crippen LogP contribution in [0.2, 0.25) is 0 Å². The SMILES string of the molecule is O=C=NCCCCCCCCCCCCCCCCCCOP(=O)(O)O. The van der Waals surface area contributed by atoms with E-state index in [-0.39, 0.29) is 6.61 Å². The Morgan fingerprint density at radius 3 is 1.35 bits per heavy atom. The van der Waals surface area contributed by atoms with E-state index >= 15 is 0 Å². The van der Waals surface area contributed by atoms with Gasteiger partial charge in [0.15, 0.2) is 0 Å². The van der Waals surface area contributed by atoms with Crippen LogP contribution in [0, 0.1) is 0 Å². The molecule has 0 bridgehead atoms. The highest BCUT2D eigenvalue weighted by Gasteiger charge is 2.12. The van der Waals surface area contributed by atoms with Crippen LogP contribution in [0.25, 0.3) is 0 Å². The molecule has 0 amide bonds. The van der Waals surface area contributed by atoms with Gasteiger partial charge in [-0.25, -0.2) is 14.4 Å². The van der Waals surface area contributed by atoms with Gasteiger partial charge in [0.2, 0.25) is 6.08 Å². The van der Waals surface area contributed by atoms with Crippen molar-refractivity contribution >= 4 is 13.9 Å². The molecule has 0 saturated carbocycles. The Morgan fingerprint density at radius 2 is 1.00 bits per heavy atom. The minimum atomic E-state index is -4.27. The molecule has 0 aliphatic carbocycles. The average Bonchev–Trinajstić information content (AvgIpc) is 2.59. The lowest BCUT2D eigenvalue weighted by atomic mass is 10.0. The number of carbonyl (C=O) groups excluding carboxylic acids is 1. The normalized spacial score (nSPS) is 11.5. The van der Waals surface area contributed by atoms with Gasteiger partial charge in [0, 0.05) is 0 Å². The van der Waals surface area contributed by atoms with Gasteiger partial charge in [-0.1, -0.05) is 89.9 Å². The van der Waals surface area contributed by atoms with Gasteiger partial charge in [-0.15, -0.1) is 0 Å². The molecule has 0 saturated heterocycles. The summed E-state index contributed by atoms with van der Waals surface area (Å²) in [6, 6.07) is 0. The van der Waals surface area contributed by atoms with E-state index in [0.29, 0.717) is 6.54 Å². The third kappa shape index (κ3) is 23.5. The second-order valence-corrected chi connectivity index (χ2v) is 8.19. The van der Waals surface area contributed by atoms with Crippen molar-refractivity contribution in [2.75, 3.05) is 13.2 Å². The first-order valence-electron chi connectivity index (χ1n) is 10.3. The van der Waals surface area contributed by atoms with Gasteiger partial charge < -0.3 is 9.79 Å². The number of unbranched alkanes of at least 4 members (excludes halogenated alkanes) is 15. The van der Waals surface area contributed by atoms with Crippen LogP contribution in [0.5, 0.6) is 0 Å². The van der Waals surface area contributed by atoms with Crippen molar-refractivity contribution in [3.05, 3.63) is 0 Å². The first kappa shape index (κ1) is 25.5. The van der Waals surface area contributed by atoms with Crippen LogP contribution in [0.1, 0.15) is 103 Å². The summed E-state index contributed by atoms with van der Waals surface area (Å²) in [4.78, 5) is 30.5. The summed E-state index contributed by atoms with van der Waals surface area (Å²) in [6.07, 6.45) is 20.9. The molecule has 0 atom stereocenters. The predicted molar refractivity (Wildman–Crippen MR) is 105 cm³/mol. The topological polar surface area (TPSA) is 96.2 Å². The molecule has 0 aromatic rings. The number of aliphatic imine (C=N–C) groups is 1. The summed E-state index contributed by atoms with van der Waals surface area (Å²) < 4.78 is 14.9. The minimum absolute atomic E-state index is 0.152. The fourth-order valence-electron chi connectivity index (χ4n) is 3.00. The summed E-state index contributed by atoms with van der Waals surface area (Å²) in [6.45, 7) is 0.785. The standard InChI is InChI=1S/C19H38NO5P/c21-19-20-17-15-13-11-9-7-5-3-1-2-4-6-8-10-12-14-16-18-25-26(22,23)24/h1-18H2,(H2,22,23,24). The van der Waals surface area contributed by atoms with Crippen molar-refractivity contribution < 1.29 is 23.7 Å².